The van der Waals surface area contributed by atoms with E-state index in [9.17, 15) is 9.59 Å². The second kappa shape index (κ2) is 9.70. The van der Waals surface area contributed by atoms with Crippen molar-refractivity contribution in [3.63, 3.8) is 0 Å². The van der Waals surface area contributed by atoms with Crippen molar-refractivity contribution in [3.8, 4) is 0 Å². The van der Waals surface area contributed by atoms with Gasteiger partial charge in [-0.25, -0.2) is 0 Å². The summed E-state index contributed by atoms with van der Waals surface area (Å²) in [7, 11) is 0. The van der Waals surface area contributed by atoms with E-state index in [1.165, 1.54) is 11.1 Å². The lowest BCUT2D eigenvalue weighted by Gasteiger charge is -2.48. The molecule has 1 saturated heterocycles. The molecule has 2 amide bonds. The second-order valence-electron chi connectivity index (χ2n) is 11.1. The molecule has 2 fully saturated rings. The first-order valence-electron chi connectivity index (χ1n) is 13.6. The molecule has 0 spiro atoms. The quantitative estimate of drug-likeness (QED) is 0.460. The van der Waals surface area contributed by atoms with Gasteiger partial charge < -0.3 is 15.5 Å². The first-order valence-corrected chi connectivity index (χ1v) is 13.6. The molecule has 2 aliphatic heterocycles. The van der Waals surface area contributed by atoms with Crippen LogP contribution in [0.25, 0.3) is 0 Å². The molecule has 1 aliphatic carbocycles. The van der Waals surface area contributed by atoms with Crippen LogP contribution in [0.4, 0.5) is 5.69 Å². The number of nitrogens with one attached hydrogen (secondary N) is 2. The molecule has 0 radical (unpaired) electrons. The highest BCUT2D eigenvalue weighted by Gasteiger charge is 2.55. The first-order chi connectivity index (χ1) is 18.1. The smallest absolute Gasteiger partial charge is 0.251 e. The van der Waals surface area contributed by atoms with E-state index in [-0.39, 0.29) is 41.3 Å². The Kier molecular flexibility index (Phi) is 6.23. The zero-order chi connectivity index (χ0) is 25.4. The number of para-hydroxylation sites is 1. The molecule has 5 atom stereocenters. The number of anilines is 1. The molecular formula is C32H35N3O2. The summed E-state index contributed by atoms with van der Waals surface area (Å²) >= 11 is 0. The number of carbonyl (C=O) groups is 2. The van der Waals surface area contributed by atoms with Crippen molar-refractivity contribution in [2.75, 3.05) is 11.9 Å². The van der Waals surface area contributed by atoms with Gasteiger partial charge in [0.1, 0.15) is 0 Å². The highest BCUT2D eigenvalue weighted by Crippen LogP contribution is 2.59. The number of likely N-dealkylation sites (tertiary alicyclic amines) is 1. The maximum absolute atomic E-state index is 14.3. The van der Waals surface area contributed by atoms with Gasteiger partial charge in [-0.3, -0.25) is 9.59 Å². The summed E-state index contributed by atoms with van der Waals surface area (Å²) in [6.07, 6.45) is 4.65. The van der Waals surface area contributed by atoms with Crippen LogP contribution in [-0.4, -0.2) is 29.3 Å². The van der Waals surface area contributed by atoms with Crippen molar-refractivity contribution < 1.29 is 9.59 Å². The van der Waals surface area contributed by atoms with Crippen molar-refractivity contribution in [1.29, 1.82) is 0 Å². The highest BCUT2D eigenvalue weighted by atomic mass is 16.2. The van der Waals surface area contributed by atoms with Crippen molar-refractivity contribution in [3.05, 3.63) is 102 Å². The van der Waals surface area contributed by atoms with E-state index >= 15 is 0 Å². The van der Waals surface area contributed by atoms with Crippen LogP contribution in [0.1, 0.15) is 72.6 Å². The number of hydrogen-bond acceptors (Lipinski definition) is 3. The van der Waals surface area contributed by atoms with E-state index in [2.05, 4.69) is 77.1 Å². The molecule has 190 valence electrons. The molecule has 3 aromatic carbocycles. The number of hydrogen-bond donors (Lipinski definition) is 2. The first kappa shape index (κ1) is 23.8. The Morgan fingerprint density at radius 1 is 0.892 bits per heavy atom. The highest BCUT2D eigenvalue weighted by molar-refractivity contribution is 5.95. The average molecular weight is 494 g/mol. The third-order valence-electron chi connectivity index (χ3n) is 8.89. The molecule has 5 heteroatoms. The van der Waals surface area contributed by atoms with E-state index in [1.807, 2.05) is 30.3 Å². The van der Waals surface area contributed by atoms with Gasteiger partial charge in [0.15, 0.2) is 0 Å². The van der Waals surface area contributed by atoms with Crippen LogP contribution in [0.2, 0.25) is 0 Å². The molecule has 3 aliphatic rings. The van der Waals surface area contributed by atoms with Gasteiger partial charge >= 0.3 is 0 Å². The van der Waals surface area contributed by atoms with Crippen molar-refractivity contribution in [2.24, 2.45) is 11.3 Å². The maximum atomic E-state index is 14.3. The minimum Gasteiger partial charge on any atom is -0.377 e. The summed E-state index contributed by atoms with van der Waals surface area (Å²) in [5, 5.41) is 7.05. The van der Waals surface area contributed by atoms with E-state index in [0.29, 0.717) is 5.56 Å². The lowest BCUT2D eigenvalue weighted by atomic mass is 9.68. The van der Waals surface area contributed by atoms with Gasteiger partial charge in [-0.1, -0.05) is 86.5 Å². The van der Waals surface area contributed by atoms with Crippen LogP contribution in [0.3, 0.4) is 0 Å². The Morgan fingerprint density at radius 3 is 2.35 bits per heavy atom. The van der Waals surface area contributed by atoms with Gasteiger partial charge in [0, 0.05) is 29.3 Å². The predicted molar refractivity (Wildman–Crippen MR) is 146 cm³/mol. The van der Waals surface area contributed by atoms with E-state index < -0.39 is 0 Å². The zero-order valence-electron chi connectivity index (χ0n) is 21.4. The summed E-state index contributed by atoms with van der Waals surface area (Å²) in [4.78, 5) is 29.5. The monoisotopic (exact) mass is 493 g/mol. The maximum Gasteiger partial charge on any atom is 0.251 e. The molecule has 6 rings (SSSR count). The Balaban J connectivity index is 1.31. The number of carbonyl (C=O) groups excluding carboxylic acids is 2. The van der Waals surface area contributed by atoms with Crippen molar-refractivity contribution in [2.45, 2.75) is 57.2 Å². The molecule has 0 bridgehead atoms. The van der Waals surface area contributed by atoms with Gasteiger partial charge in [0.25, 0.3) is 5.91 Å². The largest absolute Gasteiger partial charge is 0.377 e. The standard InChI is InChI=1S/C32H35N3O2/c1-32-20-21-35(29(32)24-16-8-10-18-26(24)33-28(32)22-12-4-2-5-13-22)31(37)25-17-9-11-19-27(25)34-30(36)23-14-6-3-7-15-23/h2-8,10,12-16,18,25,27-29,33H,9,11,17,19-21H2,1H3,(H,34,36)/t25-,27+,28-,29-,32+/m0/s1. The summed E-state index contributed by atoms with van der Waals surface area (Å²) in [6.45, 7) is 3.07. The minimum atomic E-state index is -0.194. The number of rotatable bonds is 4. The van der Waals surface area contributed by atoms with E-state index in [4.69, 9.17) is 0 Å². The predicted octanol–water partition coefficient (Wildman–Crippen LogP) is 6.12. The molecule has 37 heavy (non-hydrogen) atoms. The summed E-state index contributed by atoms with van der Waals surface area (Å²) < 4.78 is 0. The Bertz CT molecular complexity index is 1280. The lowest BCUT2D eigenvalue weighted by molar-refractivity contribution is -0.139. The van der Waals surface area contributed by atoms with E-state index in [1.54, 1.807) is 0 Å². The molecular weight excluding hydrogens is 458 g/mol. The third kappa shape index (κ3) is 4.20. The number of amides is 2. The molecule has 2 N–H and O–H groups in total. The van der Waals surface area contributed by atoms with Gasteiger partial charge in [-0.2, -0.15) is 0 Å². The van der Waals surface area contributed by atoms with Crippen LogP contribution in [0, 0.1) is 11.3 Å². The summed E-state index contributed by atoms with van der Waals surface area (Å²) in [6, 6.07) is 28.4. The van der Waals surface area contributed by atoms with Crippen LogP contribution in [0.15, 0.2) is 84.9 Å². The van der Waals surface area contributed by atoms with Crippen LogP contribution in [0.5, 0.6) is 0 Å². The molecule has 0 aromatic heterocycles. The molecule has 5 nitrogen and oxygen atoms in total. The fraction of sp³-hybridized carbons (Fsp3) is 0.375. The average Bonchev–Trinajstić information content (AvgIpc) is 3.32. The van der Waals surface area contributed by atoms with Gasteiger partial charge in [-0.15, -0.1) is 0 Å². The van der Waals surface area contributed by atoms with Crippen molar-refractivity contribution in [1.82, 2.24) is 10.2 Å². The fourth-order valence-corrected chi connectivity index (χ4v) is 7.00. The van der Waals surface area contributed by atoms with E-state index in [0.717, 1.165) is 44.3 Å². The Morgan fingerprint density at radius 2 is 1.57 bits per heavy atom. The minimum absolute atomic E-state index is 0.00458. The molecule has 3 aromatic rings. The van der Waals surface area contributed by atoms with Gasteiger partial charge in [0.2, 0.25) is 5.91 Å². The second-order valence-corrected chi connectivity index (χ2v) is 11.1. The van der Waals surface area contributed by atoms with Crippen molar-refractivity contribution >= 4 is 17.5 Å². The normalized spacial score (nSPS) is 28.5. The number of benzene rings is 3. The zero-order valence-corrected chi connectivity index (χ0v) is 21.4. The molecule has 2 heterocycles. The third-order valence-corrected chi connectivity index (χ3v) is 8.89. The van der Waals surface area contributed by atoms with Gasteiger partial charge in [0.05, 0.1) is 18.0 Å². The summed E-state index contributed by atoms with van der Waals surface area (Å²) in [5.74, 6) is -0.0933. The Labute approximate surface area is 219 Å². The number of fused-ring (bicyclic) bond motifs is 3. The molecule has 0 unspecified atom stereocenters. The summed E-state index contributed by atoms with van der Waals surface area (Å²) in [5.41, 5.74) is 4.07. The number of nitrogens with zero attached hydrogens (tertiary/aromatic N) is 1. The fourth-order valence-electron chi connectivity index (χ4n) is 7.00. The van der Waals surface area contributed by atoms with Gasteiger partial charge in [-0.05, 0) is 48.6 Å². The Hall–Kier alpha value is -3.60. The van der Waals surface area contributed by atoms with Crippen LogP contribution >= 0.6 is 0 Å². The topological polar surface area (TPSA) is 61.4 Å². The SMILES string of the molecule is C[C@]12CCN(C(=O)[C@H]3CCCC[C@H]3NC(=O)c3ccccc3)[C@H]1c1ccccc1N[C@H]2c1ccccc1. The van der Waals surface area contributed by atoms with Crippen LogP contribution in [-0.2, 0) is 4.79 Å². The lowest BCUT2D eigenvalue weighted by Crippen LogP contribution is -2.51. The van der Waals surface area contributed by atoms with Crippen LogP contribution < -0.4 is 10.6 Å². The molecule has 1 saturated carbocycles.